The zero-order chi connectivity index (χ0) is 17.0. The second-order valence-corrected chi connectivity index (χ2v) is 5.89. The average molecular weight is 317 g/mol. The first kappa shape index (κ1) is 17.0. The molecule has 0 unspecified atom stereocenters. The van der Waals surface area contributed by atoms with Crippen LogP contribution in [0.5, 0.6) is 0 Å². The summed E-state index contributed by atoms with van der Waals surface area (Å²) < 4.78 is 0. The van der Waals surface area contributed by atoms with Crippen molar-refractivity contribution in [3.63, 3.8) is 0 Å². The van der Waals surface area contributed by atoms with Gasteiger partial charge in [-0.3, -0.25) is 14.5 Å². The molecule has 1 aromatic rings. The van der Waals surface area contributed by atoms with Gasteiger partial charge in [0.1, 0.15) is 12.1 Å². The first-order valence-electron chi connectivity index (χ1n) is 7.91. The largest absolute Gasteiger partial charge is 0.352 e. The standard InChI is InChI=1S/C17H23N3O3/c1-4-13(5-2)18-14(21)11-20-15(22)17(3,19-16(20)23)12-9-7-6-8-10-12/h6-10,13H,4-5,11H2,1-3H3,(H,18,21)(H,19,23)/t17-/m0/s1. The van der Waals surface area contributed by atoms with E-state index >= 15 is 0 Å². The van der Waals surface area contributed by atoms with Crippen LogP contribution < -0.4 is 10.6 Å². The number of hydrogen-bond acceptors (Lipinski definition) is 3. The third-order valence-corrected chi connectivity index (χ3v) is 4.28. The molecule has 23 heavy (non-hydrogen) atoms. The molecule has 2 rings (SSSR count). The zero-order valence-corrected chi connectivity index (χ0v) is 13.8. The number of rotatable bonds is 6. The molecule has 0 radical (unpaired) electrons. The van der Waals surface area contributed by atoms with Crippen LogP contribution in [-0.2, 0) is 15.1 Å². The molecule has 1 fully saturated rings. The van der Waals surface area contributed by atoms with E-state index in [4.69, 9.17) is 0 Å². The summed E-state index contributed by atoms with van der Waals surface area (Å²) in [6.07, 6.45) is 1.62. The van der Waals surface area contributed by atoms with Crippen LogP contribution in [0.15, 0.2) is 30.3 Å². The number of nitrogens with zero attached hydrogens (tertiary/aromatic N) is 1. The lowest BCUT2D eigenvalue weighted by molar-refractivity contribution is -0.135. The molecule has 0 spiro atoms. The number of urea groups is 1. The molecule has 124 valence electrons. The molecule has 1 aliphatic heterocycles. The van der Waals surface area contributed by atoms with Crippen molar-refractivity contribution in [3.8, 4) is 0 Å². The van der Waals surface area contributed by atoms with Gasteiger partial charge in [-0.1, -0.05) is 44.2 Å². The minimum atomic E-state index is -1.13. The lowest BCUT2D eigenvalue weighted by Gasteiger charge is -2.22. The Morgan fingerprint density at radius 1 is 1.22 bits per heavy atom. The molecule has 6 nitrogen and oxygen atoms in total. The van der Waals surface area contributed by atoms with Gasteiger partial charge in [0.25, 0.3) is 5.91 Å². The van der Waals surface area contributed by atoms with Gasteiger partial charge in [0.05, 0.1) is 0 Å². The average Bonchev–Trinajstić information content (AvgIpc) is 2.77. The number of carbonyl (C=O) groups excluding carboxylic acids is 3. The number of hydrogen-bond donors (Lipinski definition) is 2. The van der Waals surface area contributed by atoms with Crippen molar-refractivity contribution < 1.29 is 14.4 Å². The first-order valence-corrected chi connectivity index (χ1v) is 7.91. The second kappa shape index (κ2) is 6.81. The highest BCUT2D eigenvalue weighted by Gasteiger charge is 2.49. The van der Waals surface area contributed by atoms with Gasteiger partial charge in [0.2, 0.25) is 5.91 Å². The maximum Gasteiger partial charge on any atom is 0.325 e. The molecule has 0 saturated carbocycles. The van der Waals surface area contributed by atoms with Gasteiger partial charge in [-0.2, -0.15) is 0 Å². The van der Waals surface area contributed by atoms with E-state index in [1.54, 1.807) is 19.1 Å². The maximum absolute atomic E-state index is 12.7. The Hall–Kier alpha value is -2.37. The van der Waals surface area contributed by atoms with Crippen molar-refractivity contribution in [2.45, 2.75) is 45.2 Å². The summed E-state index contributed by atoms with van der Waals surface area (Å²) in [5.74, 6) is -0.729. The fourth-order valence-corrected chi connectivity index (χ4v) is 2.72. The normalized spacial score (nSPS) is 20.8. The van der Waals surface area contributed by atoms with Crippen LogP contribution in [0.25, 0.3) is 0 Å². The van der Waals surface area contributed by atoms with Crippen LogP contribution in [0, 0.1) is 0 Å². The van der Waals surface area contributed by atoms with Crippen molar-refractivity contribution in [2.75, 3.05) is 6.54 Å². The molecule has 0 aromatic heterocycles. The number of benzene rings is 1. The van der Waals surface area contributed by atoms with Crippen molar-refractivity contribution in [1.29, 1.82) is 0 Å². The molecule has 0 aliphatic carbocycles. The van der Waals surface area contributed by atoms with Crippen LogP contribution >= 0.6 is 0 Å². The molecule has 1 atom stereocenters. The highest BCUT2D eigenvalue weighted by atomic mass is 16.2. The number of amides is 4. The van der Waals surface area contributed by atoms with Gasteiger partial charge in [0.15, 0.2) is 0 Å². The molecule has 1 saturated heterocycles. The topological polar surface area (TPSA) is 78.5 Å². The smallest absolute Gasteiger partial charge is 0.325 e. The molecule has 4 amide bonds. The molecular formula is C17H23N3O3. The molecule has 2 N–H and O–H groups in total. The Morgan fingerprint density at radius 3 is 2.39 bits per heavy atom. The summed E-state index contributed by atoms with van der Waals surface area (Å²) in [7, 11) is 0. The molecule has 1 aromatic carbocycles. The quantitative estimate of drug-likeness (QED) is 0.785. The number of carbonyl (C=O) groups is 3. The molecule has 1 heterocycles. The Balaban J connectivity index is 2.12. The van der Waals surface area contributed by atoms with Gasteiger partial charge < -0.3 is 10.6 Å². The van der Waals surface area contributed by atoms with E-state index in [1.165, 1.54) is 0 Å². The first-order chi connectivity index (χ1) is 10.9. The Morgan fingerprint density at radius 2 is 1.83 bits per heavy atom. The van der Waals surface area contributed by atoms with E-state index < -0.39 is 17.5 Å². The maximum atomic E-state index is 12.7. The third-order valence-electron chi connectivity index (χ3n) is 4.28. The van der Waals surface area contributed by atoms with E-state index in [0.29, 0.717) is 5.56 Å². The van der Waals surface area contributed by atoms with Crippen LogP contribution in [0.1, 0.15) is 39.2 Å². The van der Waals surface area contributed by atoms with Crippen LogP contribution in [0.2, 0.25) is 0 Å². The molecular weight excluding hydrogens is 294 g/mol. The SMILES string of the molecule is CCC(CC)NC(=O)CN1C(=O)N[C@@](C)(c2ccccc2)C1=O. The Labute approximate surface area is 136 Å². The summed E-state index contributed by atoms with van der Waals surface area (Å²) in [4.78, 5) is 37.9. The van der Waals surface area contributed by atoms with Crippen LogP contribution in [0.3, 0.4) is 0 Å². The van der Waals surface area contributed by atoms with Crippen LogP contribution in [0.4, 0.5) is 4.79 Å². The van der Waals surface area contributed by atoms with Crippen molar-refractivity contribution in [2.24, 2.45) is 0 Å². The predicted octanol–water partition coefficient (Wildman–Crippen LogP) is 1.76. The zero-order valence-electron chi connectivity index (χ0n) is 13.8. The second-order valence-electron chi connectivity index (χ2n) is 5.89. The van der Waals surface area contributed by atoms with Crippen molar-refractivity contribution >= 4 is 17.8 Å². The van der Waals surface area contributed by atoms with Crippen LogP contribution in [-0.4, -0.2) is 35.3 Å². The minimum absolute atomic E-state index is 0.0590. The summed E-state index contributed by atoms with van der Waals surface area (Å²) in [6, 6.07) is 8.54. The van der Waals surface area contributed by atoms with E-state index in [-0.39, 0.29) is 18.5 Å². The molecule has 1 aliphatic rings. The van der Waals surface area contributed by atoms with Crippen molar-refractivity contribution in [3.05, 3.63) is 35.9 Å². The van der Waals surface area contributed by atoms with Crippen molar-refractivity contribution in [1.82, 2.24) is 15.5 Å². The van der Waals surface area contributed by atoms with Gasteiger partial charge in [-0.15, -0.1) is 0 Å². The summed E-state index contributed by atoms with van der Waals surface area (Å²) >= 11 is 0. The lowest BCUT2D eigenvalue weighted by Crippen LogP contribution is -2.45. The minimum Gasteiger partial charge on any atom is -0.352 e. The third kappa shape index (κ3) is 3.36. The van der Waals surface area contributed by atoms with E-state index in [2.05, 4.69) is 10.6 Å². The Bertz CT molecular complexity index is 598. The fourth-order valence-electron chi connectivity index (χ4n) is 2.72. The molecule has 6 heteroatoms. The van der Waals surface area contributed by atoms with E-state index in [1.807, 2.05) is 32.0 Å². The summed E-state index contributed by atoms with van der Waals surface area (Å²) in [5, 5.41) is 5.53. The van der Waals surface area contributed by atoms with E-state index in [9.17, 15) is 14.4 Å². The summed E-state index contributed by atoms with van der Waals surface area (Å²) in [5.41, 5.74) is -0.436. The Kier molecular flexibility index (Phi) is 5.03. The van der Waals surface area contributed by atoms with Gasteiger partial charge >= 0.3 is 6.03 Å². The van der Waals surface area contributed by atoms with Gasteiger partial charge in [-0.05, 0) is 25.3 Å². The van der Waals surface area contributed by atoms with Gasteiger partial charge in [-0.25, -0.2) is 4.79 Å². The highest BCUT2D eigenvalue weighted by molar-refractivity contribution is 6.09. The number of imide groups is 1. The molecule has 0 bridgehead atoms. The lowest BCUT2D eigenvalue weighted by atomic mass is 9.92. The fraction of sp³-hybridized carbons (Fsp3) is 0.471. The van der Waals surface area contributed by atoms with E-state index in [0.717, 1.165) is 17.7 Å². The highest BCUT2D eigenvalue weighted by Crippen LogP contribution is 2.28. The monoisotopic (exact) mass is 317 g/mol. The summed E-state index contributed by atoms with van der Waals surface area (Å²) in [6.45, 7) is 5.36. The predicted molar refractivity (Wildman–Crippen MR) is 86.6 cm³/mol. The van der Waals surface area contributed by atoms with Gasteiger partial charge in [0, 0.05) is 6.04 Å². The number of nitrogens with one attached hydrogen (secondary N) is 2.